The van der Waals surface area contributed by atoms with Gasteiger partial charge in [-0.05, 0) is 19.3 Å². The number of carbonyl (C=O) groups is 2. The van der Waals surface area contributed by atoms with Crippen LogP contribution in [0.5, 0.6) is 0 Å². The number of nitrogens with one attached hydrogen (secondary N) is 2. The molecule has 0 radical (unpaired) electrons. The fourth-order valence-electron chi connectivity index (χ4n) is 3.58. The van der Waals surface area contributed by atoms with E-state index in [-0.39, 0.29) is 23.9 Å². The molecule has 8 nitrogen and oxygen atoms in total. The highest BCUT2D eigenvalue weighted by Crippen LogP contribution is 2.24. The van der Waals surface area contributed by atoms with E-state index in [0.29, 0.717) is 26.1 Å². The van der Waals surface area contributed by atoms with E-state index < -0.39 is 6.10 Å². The number of aryl methyl sites for hydroxylation is 1. The lowest BCUT2D eigenvalue weighted by Gasteiger charge is -2.42. The van der Waals surface area contributed by atoms with Crippen molar-refractivity contribution in [1.82, 2.24) is 25.1 Å². The van der Waals surface area contributed by atoms with Gasteiger partial charge < -0.3 is 20.3 Å². The van der Waals surface area contributed by atoms with E-state index in [1.54, 1.807) is 12.5 Å². The fraction of sp³-hybridized carbons (Fsp3) is 0.688. The minimum atomic E-state index is -0.637. The van der Waals surface area contributed by atoms with Crippen molar-refractivity contribution in [3.63, 3.8) is 0 Å². The van der Waals surface area contributed by atoms with Crippen LogP contribution in [0.3, 0.4) is 0 Å². The van der Waals surface area contributed by atoms with Crippen molar-refractivity contribution >= 4 is 11.8 Å². The van der Waals surface area contributed by atoms with Crippen molar-refractivity contribution in [2.45, 2.75) is 50.4 Å². The molecule has 2 fully saturated rings. The molecule has 1 aliphatic carbocycles. The number of nitrogens with zero attached hydrogens (tertiary/aromatic N) is 3. The Kier molecular flexibility index (Phi) is 5.47. The highest BCUT2D eigenvalue weighted by molar-refractivity contribution is 5.78. The fourth-order valence-corrected chi connectivity index (χ4v) is 3.58. The van der Waals surface area contributed by atoms with Gasteiger partial charge in [-0.3, -0.25) is 14.5 Å². The van der Waals surface area contributed by atoms with E-state index in [9.17, 15) is 14.7 Å². The van der Waals surface area contributed by atoms with E-state index in [4.69, 9.17) is 0 Å². The Hall–Kier alpha value is -1.93. The van der Waals surface area contributed by atoms with Gasteiger partial charge in [0.15, 0.2) is 0 Å². The van der Waals surface area contributed by atoms with Crippen LogP contribution in [0.2, 0.25) is 0 Å². The second-order valence-corrected chi connectivity index (χ2v) is 6.53. The van der Waals surface area contributed by atoms with Gasteiger partial charge in [-0.1, -0.05) is 0 Å². The Labute approximate surface area is 141 Å². The number of aromatic nitrogens is 2. The first-order valence-electron chi connectivity index (χ1n) is 8.57. The van der Waals surface area contributed by atoms with E-state index in [1.807, 2.05) is 15.7 Å². The summed E-state index contributed by atoms with van der Waals surface area (Å²) in [6.45, 7) is 2.26. The number of aliphatic hydroxyl groups is 1. The summed E-state index contributed by atoms with van der Waals surface area (Å²) in [7, 11) is 0. The predicted octanol–water partition coefficient (Wildman–Crippen LogP) is -0.897. The standard InChI is InChI=1S/C16H25N5O3/c22-14(4-7-20-8-5-17-11-20)19-12-2-1-3-13(16(12)24)21-9-6-18-15(23)10-21/h5,8,11-13,16,24H,1-4,6-7,9-10H2,(H,18,23)(H,19,22)/t12-,13-,16-/m1/s1. The number of imidazole rings is 1. The van der Waals surface area contributed by atoms with Crippen molar-refractivity contribution in [3.8, 4) is 0 Å². The van der Waals surface area contributed by atoms with E-state index in [0.717, 1.165) is 25.8 Å². The lowest BCUT2D eigenvalue weighted by atomic mass is 9.86. The van der Waals surface area contributed by atoms with Crippen LogP contribution in [0.1, 0.15) is 25.7 Å². The van der Waals surface area contributed by atoms with Crippen LogP contribution in [0.4, 0.5) is 0 Å². The Morgan fingerprint density at radius 1 is 1.46 bits per heavy atom. The molecule has 3 atom stereocenters. The van der Waals surface area contributed by atoms with Gasteiger partial charge in [0.2, 0.25) is 11.8 Å². The lowest BCUT2D eigenvalue weighted by Crippen LogP contribution is -2.60. The van der Waals surface area contributed by atoms with Gasteiger partial charge >= 0.3 is 0 Å². The predicted molar refractivity (Wildman–Crippen MR) is 87.0 cm³/mol. The topological polar surface area (TPSA) is 99.5 Å². The third kappa shape index (κ3) is 4.12. The Bertz CT molecular complexity index is 562. The van der Waals surface area contributed by atoms with Gasteiger partial charge in [0.1, 0.15) is 0 Å². The molecule has 0 spiro atoms. The SMILES string of the molecule is O=C1CN([C@@H]2CCC[C@@H](NC(=O)CCn3ccnc3)[C@H]2O)CCN1. The normalized spacial score (nSPS) is 28.4. The zero-order valence-corrected chi connectivity index (χ0v) is 13.7. The van der Waals surface area contributed by atoms with Gasteiger partial charge in [-0.15, -0.1) is 0 Å². The molecular weight excluding hydrogens is 310 g/mol. The van der Waals surface area contributed by atoms with Gasteiger partial charge in [0, 0.05) is 44.5 Å². The summed E-state index contributed by atoms with van der Waals surface area (Å²) in [5.74, 6) is -0.0651. The van der Waals surface area contributed by atoms with Gasteiger partial charge in [-0.2, -0.15) is 0 Å². The van der Waals surface area contributed by atoms with Gasteiger partial charge in [-0.25, -0.2) is 4.98 Å². The molecule has 1 aromatic heterocycles. The van der Waals surface area contributed by atoms with Crippen LogP contribution in [0.25, 0.3) is 0 Å². The highest BCUT2D eigenvalue weighted by Gasteiger charge is 2.37. The number of aliphatic hydroxyl groups excluding tert-OH is 1. The average Bonchev–Trinajstić information content (AvgIpc) is 3.08. The molecular formula is C16H25N5O3. The zero-order chi connectivity index (χ0) is 16.9. The summed E-state index contributed by atoms with van der Waals surface area (Å²) >= 11 is 0. The number of piperazine rings is 1. The lowest BCUT2D eigenvalue weighted by molar-refractivity contribution is -0.128. The zero-order valence-electron chi connectivity index (χ0n) is 13.7. The monoisotopic (exact) mass is 335 g/mol. The first-order chi connectivity index (χ1) is 11.6. The molecule has 1 saturated heterocycles. The maximum absolute atomic E-state index is 12.2. The summed E-state index contributed by atoms with van der Waals surface area (Å²) in [5, 5.41) is 16.4. The minimum Gasteiger partial charge on any atom is -0.389 e. The van der Waals surface area contributed by atoms with Crippen molar-refractivity contribution < 1.29 is 14.7 Å². The Morgan fingerprint density at radius 3 is 3.08 bits per heavy atom. The minimum absolute atomic E-state index is 0.0000545. The molecule has 0 unspecified atom stereocenters. The second-order valence-electron chi connectivity index (χ2n) is 6.53. The molecule has 132 valence electrons. The summed E-state index contributed by atoms with van der Waals surface area (Å²) in [6, 6.07) is -0.312. The van der Waals surface area contributed by atoms with Crippen molar-refractivity contribution in [2.24, 2.45) is 0 Å². The van der Waals surface area contributed by atoms with E-state index in [1.165, 1.54) is 0 Å². The second kappa shape index (κ2) is 7.76. The maximum atomic E-state index is 12.2. The molecule has 1 saturated carbocycles. The maximum Gasteiger partial charge on any atom is 0.234 e. The van der Waals surface area contributed by atoms with Crippen molar-refractivity contribution in [2.75, 3.05) is 19.6 Å². The molecule has 8 heteroatoms. The molecule has 0 bridgehead atoms. The van der Waals surface area contributed by atoms with Crippen molar-refractivity contribution in [3.05, 3.63) is 18.7 Å². The molecule has 1 aromatic rings. The third-order valence-electron chi connectivity index (χ3n) is 4.86. The molecule has 0 aromatic carbocycles. The Balaban J connectivity index is 1.51. The molecule has 2 aliphatic rings. The number of amides is 2. The highest BCUT2D eigenvalue weighted by atomic mass is 16.3. The van der Waals surface area contributed by atoms with E-state index in [2.05, 4.69) is 15.6 Å². The molecule has 3 N–H and O–H groups in total. The van der Waals surface area contributed by atoms with Crippen molar-refractivity contribution in [1.29, 1.82) is 0 Å². The first-order valence-corrected chi connectivity index (χ1v) is 8.57. The first kappa shape index (κ1) is 16.9. The number of rotatable bonds is 5. The number of hydrogen-bond donors (Lipinski definition) is 3. The third-order valence-corrected chi connectivity index (χ3v) is 4.86. The Morgan fingerprint density at radius 2 is 2.33 bits per heavy atom. The summed E-state index contributed by atoms with van der Waals surface area (Å²) in [4.78, 5) is 29.7. The molecule has 1 aliphatic heterocycles. The molecule has 3 rings (SSSR count). The van der Waals surface area contributed by atoms with Crippen LogP contribution in [-0.4, -0.2) is 69.2 Å². The quantitative estimate of drug-likeness (QED) is 0.648. The van der Waals surface area contributed by atoms with Crippen LogP contribution >= 0.6 is 0 Å². The summed E-state index contributed by atoms with van der Waals surface area (Å²) in [6.07, 6.45) is 7.47. The van der Waals surface area contributed by atoms with E-state index >= 15 is 0 Å². The molecule has 24 heavy (non-hydrogen) atoms. The molecule has 2 amide bonds. The number of hydrogen-bond acceptors (Lipinski definition) is 5. The summed E-state index contributed by atoms with van der Waals surface area (Å²) < 4.78 is 1.85. The van der Waals surface area contributed by atoms with Gasteiger partial charge in [0.25, 0.3) is 0 Å². The largest absolute Gasteiger partial charge is 0.389 e. The van der Waals surface area contributed by atoms with Crippen LogP contribution < -0.4 is 10.6 Å². The average molecular weight is 335 g/mol. The van der Waals surface area contributed by atoms with Crippen LogP contribution in [0.15, 0.2) is 18.7 Å². The van der Waals surface area contributed by atoms with Gasteiger partial charge in [0.05, 0.1) is 25.0 Å². The summed E-state index contributed by atoms with van der Waals surface area (Å²) in [5.41, 5.74) is 0. The number of carbonyl (C=O) groups excluding carboxylic acids is 2. The molecule has 2 heterocycles. The van der Waals surface area contributed by atoms with Crippen LogP contribution in [-0.2, 0) is 16.1 Å². The smallest absolute Gasteiger partial charge is 0.234 e. The van der Waals surface area contributed by atoms with Crippen LogP contribution in [0, 0.1) is 0 Å².